The van der Waals surface area contributed by atoms with Crippen LogP contribution in [0.4, 0.5) is 10.1 Å². The van der Waals surface area contributed by atoms with Crippen molar-refractivity contribution in [2.24, 2.45) is 7.05 Å². The fraction of sp³-hybridized carbons (Fsp3) is 0.125. The average molecular weight is 327 g/mol. The highest BCUT2D eigenvalue weighted by Gasteiger charge is 2.09. The molecule has 0 spiro atoms. The van der Waals surface area contributed by atoms with Crippen molar-refractivity contribution in [3.8, 4) is 11.3 Å². The minimum atomic E-state index is -0.401. The van der Waals surface area contributed by atoms with Crippen LogP contribution in [0.5, 0.6) is 0 Å². The Balaban J connectivity index is 1.80. The number of nitrogens with zero attached hydrogens (tertiary/aromatic N) is 4. The van der Waals surface area contributed by atoms with Gasteiger partial charge in [-0.1, -0.05) is 0 Å². The fourth-order valence-electron chi connectivity index (χ4n) is 2.16. The Kier molecular flexibility index (Phi) is 4.19. The summed E-state index contributed by atoms with van der Waals surface area (Å²) in [7, 11) is 1.73. The molecule has 0 radical (unpaired) electrons. The molecule has 2 aromatic heterocycles. The number of hydrogen-bond donors (Lipinski definition) is 1. The number of halogens is 1. The molecule has 0 aliphatic carbocycles. The summed E-state index contributed by atoms with van der Waals surface area (Å²) in [6.45, 7) is -0.233. The summed E-state index contributed by atoms with van der Waals surface area (Å²) in [5, 5.41) is 10.7. The molecule has 8 heteroatoms. The maximum Gasteiger partial charge on any atom is 0.267 e. The molecule has 0 aliphatic rings. The zero-order valence-electron chi connectivity index (χ0n) is 12.8. The van der Waals surface area contributed by atoms with Crippen LogP contribution in [0.15, 0.2) is 53.6 Å². The van der Waals surface area contributed by atoms with E-state index in [1.807, 2.05) is 0 Å². The first-order chi connectivity index (χ1) is 11.5. The molecule has 122 valence electrons. The number of anilines is 1. The van der Waals surface area contributed by atoms with Crippen molar-refractivity contribution in [3.05, 3.63) is 65.0 Å². The topological polar surface area (TPSA) is 81.8 Å². The molecule has 1 N–H and O–H groups in total. The second kappa shape index (κ2) is 6.45. The largest absolute Gasteiger partial charge is 0.322 e. The van der Waals surface area contributed by atoms with Crippen molar-refractivity contribution in [3.63, 3.8) is 0 Å². The minimum absolute atomic E-state index is 0.233. The summed E-state index contributed by atoms with van der Waals surface area (Å²) in [5.74, 6) is -0.753. The molecule has 0 saturated heterocycles. The van der Waals surface area contributed by atoms with Crippen LogP contribution in [-0.2, 0) is 18.4 Å². The van der Waals surface area contributed by atoms with E-state index < -0.39 is 11.5 Å². The lowest BCUT2D eigenvalue weighted by molar-refractivity contribution is -0.117. The van der Waals surface area contributed by atoms with Crippen molar-refractivity contribution in [2.45, 2.75) is 6.54 Å². The van der Waals surface area contributed by atoms with Gasteiger partial charge < -0.3 is 5.32 Å². The molecule has 0 fully saturated rings. The number of aryl methyl sites for hydroxylation is 1. The van der Waals surface area contributed by atoms with E-state index >= 15 is 0 Å². The lowest BCUT2D eigenvalue weighted by Crippen LogP contribution is -2.29. The average Bonchev–Trinajstić information content (AvgIpc) is 2.95. The number of rotatable bonds is 4. The zero-order valence-corrected chi connectivity index (χ0v) is 12.8. The van der Waals surface area contributed by atoms with Gasteiger partial charge in [0.25, 0.3) is 5.56 Å². The van der Waals surface area contributed by atoms with Crippen LogP contribution in [0.25, 0.3) is 11.3 Å². The number of aromatic nitrogens is 4. The van der Waals surface area contributed by atoms with Gasteiger partial charge in [-0.05, 0) is 30.3 Å². The van der Waals surface area contributed by atoms with E-state index in [2.05, 4.69) is 15.5 Å². The second-order valence-corrected chi connectivity index (χ2v) is 5.17. The quantitative estimate of drug-likeness (QED) is 0.786. The first-order valence-electron chi connectivity index (χ1n) is 7.14. The Morgan fingerprint density at radius 3 is 2.62 bits per heavy atom. The van der Waals surface area contributed by atoms with Gasteiger partial charge >= 0.3 is 0 Å². The highest BCUT2D eigenvalue weighted by Crippen LogP contribution is 2.15. The highest BCUT2D eigenvalue weighted by atomic mass is 19.1. The second-order valence-electron chi connectivity index (χ2n) is 5.17. The van der Waals surface area contributed by atoms with Gasteiger partial charge in [0, 0.05) is 24.9 Å². The van der Waals surface area contributed by atoms with Crippen molar-refractivity contribution >= 4 is 11.6 Å². The van der Waals surface area contributed by atoms with Crippen molar-refractivity contribution in [1.82, 2.24) is 19.6 Å². The third-order valence-electron chi connectivity index (χ3n) is 3.29. The van der Waals surface area contributed by atoms with E-state index in [0.717, 1.165) is 4.68 Å². The molecule has 0 unspecified atom stereocenters. The van der Waals surface area contributed by atoms with Crippen molar-refractivity contribution in [1.29, 1.82) is 0 Å². The van der Waals surface area contributed by atoms with Crippen LogP contribution >= 0.6 is 0 Å². The number of carbonyl (C=O) groups excluding carboxylic acids is 1. The normalized spacial score (nSPS) is 10.6. The summed E-state index contributed by atoms with van der Waals surface area (Å²) in [6, 6.07) is 8.58. The van der Waals surface area contributed by atoms with E-state index in [1.54, 1.807) is 30.1 Å². The molecule has 0 aliphatic heterocycles. The van der Waals surface area contributed by atoms with Gasteiger partial charge in [0.05, 0.1) is 17.6 Å². The Morgan fingerprint density at radius 2 is 1.96 bits per heavy atom. The molecule has 3 aromatic rings. The van der Waals surface area contributed by atoms with Crippen LogP contribution in [0.3, 0.4) is 0 Å². The third kappa shape index (κ3) is 3.54. The number of hydrogen-bond acceptors (Lipinski definition) is 4. The maximum atomic E-state index is 13.0. The SMILES string of the molecule is Cn1cc(NC(=O)Cn2nc(-c3ccc(F)cc3)ccc2=O)cn1. The van der Waals surface area contributed by atoms with Gasteiger partial charge in [-0.3, -0.25) is 14.3 Å². The first-order valence-corrected chi connectivity index (χ1v) is 7.14. The molecule has 0 bridgehead atoms. The van der Waals surface area contributed by atoms with Gasteiger partial charge in [0.1, 0.15) is 12.4 Å². The molecule has 24 heavy (non-hydrogen) atoms. The third-order valence-corrected chi connectivity index (χ3v) is 3.29. The standard InChI is InChI=1S/C16H14FN5O2/c1-21-9-13(8-18-21)19-15(23)10-22-16(24)7-6-14(20-22)11-2-4-12(17)5-3-11/h2-9H,10H2,1H3,(H,19,23). The minimum Gasteiger partial charge on any atom is -0.322 e. The summed E-state index contributed by atoms with van der Waals surface area (Å²) in [6.07, 6.45) is 3.14. The van der Waals surface area contributed by atoms with Gasteiger partial charge in [-0.2, -0.15) is 10.2 Å². The molecular formula is C16H14FN5O2. The van der Waals surface area contributed by atoms with Crippen LogP contribution in [0.2, 0.25) is 0 Å². The molecule has 0 atom stereocenters. The molecule has 7 nitrogen and oxygen atoms in total. The summed E-state index contributed by atoms with van der Waals surface area (Å²) >= 11 is 0. The monoisotopic (exact) mass is 327 g/mol. The lowest BCUT2D eigenvalue weighted by atomic mass is 10.1. The summed E-state index contributed by atoms with van der Waals surface area (Å²) in [4.78, 5) is 23.9. The van der Waals surface area contributed by atoms with E-state index in [0.29, 0.717) is 16.9 Å². The van der Waals surface area contributed by atoms with Crippen molar-refractivity contribution in [2.75, 3.05) is 5.32 Å². The summed E-state index contributed by atoms with van der Waals surface area (Å²) in [5.41, 5.74) is 1.26. The molecule has 1 amide bonds. The molecular weight excluding hydrogens is 313 g/mol. The van der Waals surface area contributed by atoms with Crippen LogP contribution < -0.4 is 10.9 Å². The van der Waals surface area contributed by atoms with E-state index in [-0.39, 0.29) is 12.4 Å². The lowest BCUT2D eigenvalue weighted by Gasteiger charge is -2.07. The number of amides is 1. The van der Waals surface area contributed by atoms with E-state index in [4.69, 9.17) is 0 Å². The molecule has 0 saturated carbocycles. The Morgan fingerprint density at radius 1 is 1.21 bits per heavy atom. The fourth-order valence-corrected chi connectivity index (χ4v) is 2.16. The zero-order chi connectivity index (χ0) is 17.1. The predicted molar refractivity (Wildman–Crippen MR) is 85.7 cm³/mol. The molecule has 1 aromatic carbocycles. The summed E-state index contributed by atoms with van der Waals surface area (Å²) < 4.78 is 15.6. The van der Waals surface area contributed by atoms with Crippen LogP contribution in [0, 0.1) is 5.82 Å². The predicted octanol–water partition coefficient (Wildman–Crippen LogP) is 1.42. The number of benzene rings is 1. The number of carbonyl (C=O) groups is 1. The Hall–Kier alpha value is -3.29. The Bertz CT molecular complexity index is 930. The van der Waals surface area contributed by atoms with Gasteiger partial charge in [0.15, 0.2) is 0 Å². The van der Waals surface area contributed by atoms with E-state index in [1.165, 1.54) is 30.5 Å². The van der Waals surface area contributed by atoms with Gasteiger partial charge in [-0.25, -0.2) is 9.07 Å². The number of nitrogens with one attached hydrogen (secondary N) is 1. The smallest absolute Gasteiger partial charge is 0.267 e. The van der Waals surface area contributed by atoms with Crippen LogP contribution in [0.1, 0.15) is 0 Å². The van der Waals surface area contributed by atoms with Crippen LogP contribution in [-0.4, -0.2) is 25.5 Å². The Labute approximate surface area is 136 Å². The van der Waals surface area contributed by atoms with E-state index in [9.17, 15) is 14.0 Å². The van der Waals surface area contributed by atoms with Gasteiger partial charge in [0.2, 0.25) is 5.91 Å². The highest BCUT2D eigenvalue weighted by molar-refractivity contribution is 5.90. The molecule has 2 heterocycles. The maximum absolute atomic E-state index is 13.0. The first kappa shape index (κ1) is 15.6. The molecule has 3 rings (SSSR count). The van der Waals surface area contributed by atoms with Gasteiger partial charge in [-0.15, -0.1) is 0 Å². The van der Waals surface area contributed by atoms with Crippen molar-refractivity contribution < 1.29 is 9.18 Å².